The summed E-state index contributed by atoms with van der Waals surface area (Å²) < 4.78 is 0. The Hall–Kier alpha value is -1.08. The third-order valence-corrected chi connectivity index (χ3v) is 4.28. The number of nitriles is 1. The van der Waals surface area contributed by atoms with Gasteiger partial charge in [0.15, 0.2) is 0 Å². The molecule has 0 bridgehead atoms. The first kappa shape index (κ1) is 18.0. The first-order chi connectivity index (χ1) is 9.89. The lowest BCUT2D eigenvalue weighted by Gasteiger charge is -2.29. The van der Waals surface area contributed by atoms with Gasteiger partial charge >= 0.3 is 0 Å². The molecule has 0 radical (unpaired) electrons. The second kappa shape index (κ2) is 8.38. The molecule has 0 spiro atoms. The van der Waals surface area contributed by atoms with Crippen molar-refractivity contribution in [1.82, 2.24) is 10.2 Å². The molecule has 120 valence electrons. The van der Waals surface area contributed by atoms with Gasteiger partial charge in [-0.05, 0) is 39.3 Å². The zero-order chi connectivity index (χ0) is 15.9. The van der Waals surface area contributed by atoms with E-state index in [1.165, 1.54) is 0 Å². The molecule has 1 amide bonds. The van der Waals surface area contributed by atoms with E-state index in [0.717, 1.165) is 38.6 Å². The fraction of sp³-hybridized carbons (Fsp3) is 0.882. The summed E-state index contributed by atoms with van der Waals surface area (Å²) in [5.74, 6) is 0.488. The van der Waals surface area contributed by atoms with Crippen molar-refractivity contribution in [2.45, 2.75) is 64.8 Å². The minimum atomic E-state index is -0.794. The van der Waals surface area contributed by atoms with Crippen LogP contribution in [0.25, 0.3) is 0 Å². The molecule has 1 aliphatic carbocycles. The molecule has 0 aliphatic heterocycles. The molecule has 1 unspecified atom stereocenters. The smallest absolute Gasteiger partial charge is 0.240 e. The van der Waals surface area contributed by atoms with Crippen LogP contribution in [0.4, 0.5) is 0 Å². The molecule has 0 heterocycles. The number of carbonyl (C=O) groups excluding carboxylic acids is 1. The van der Waals surface area contributed by atoms with Crippen molar-refractivity contribution < 1.29 is 4.79 Å². The van der Waals surface area contributed by atoms with E-state index in [0.29, 0.717) is 18.8 Å². The number of rotatable bonds is 6. The molecule has 4 heteroatoms. The SMILES string of the molecule is CC(C)CC(CN(C)C)NC(=O)C1(C#N)CCCCCC1. The number of nitrogens with zero attached hydrogens (tertiary/aromatic N) is 2. The Balaban J connectivity index is 2.75. The summed E-state index contributed by atoms with van der Waals surface area (Å²) in [7, 11) is 4.04. The quantitative estimate of drug-likeness (QED) is 0.766. The normalized spacial score (nSPS) is 19.9. The highest BCUT2D eigenvalue weighted by atomic mass is 16.2. The van der Waals surface area contributed by atoms with Crippen molar-refractivity contribution in [3.63, 3.8) is 0 Å². The van der Waals surface area contributed by atoms with Crippen molar-refractivity contribution in [3.8, 4) is 6.07 Å². The average molecular weight is 293 g/mol. The predicted molar refractivity (Wildman–Crippen MR) is 85.7 cm³/mol. The van der Waals surface area contributed by atoms with Gasteiger partial charge in [0.2, 0.25) is 5.91 Å². The summed E-state index contributed by atoms with van der Waals surface area (Å²) >= 11 is 0. The van der Waals surface area contributed by atoms with Crippen molar-refractivity contribution in [1.29, 1.82) is 5.26 Å². The van der Waals surface area contributed by atoms with Crippen molar-refractivity contribution in [2.75, 3.05) is 20.6 Å². The molecular formula is C17H31N3O. The van der Waals surface area contributed by atoms with Gasteiger partial charge in [-0.3, -0.25) is 4.79 Å². The third kappa shape index (κ3) is 5.67. The standard InChI is InChI=1S/C17H31N3O/c1-14(2)11-15(12-20(3)4)19-16(21)17(13-18)9-7-5-6-8-10-17/h14-15H,5-12H2,1-4H3,(H,19,21). The molecule has 0 aromatic carbocycles. The van der Waals surface area contributed by atoms with Crippen LogP contribution in [-0.2, 0) is 4.79 Å². The molecule has 0 saturated heterocycles. The molecule has 1 aliphatic rings. The minimum Gasteiger partial charge on any atom is -0.351 e. The van der Waals surface area contributed by atoms with Crippen LogP contribution >= 0.6 is 0 Å². The topological polar surface area (TPSA) is 56.1 Å². The van der Waals surface area contributed by atoms with E-state index in [-0.39, 0.29) is 11.9 Å². The number of likely N-dealkylation sites (N-methyl/N-ethyl adjacent to an activating group) is 1. The molecule has 1 rings (SSSR count). The monoisotopic (exact) mass is 293 g/mol. The zero-order valence-electron chi connectivity index (χ0n) is 14.1. The van der Waals surface area contributed by atoms with E-state index >= 15 is 0 Å². The highest BCUT2D eigenvalue weighted by Gasteiger charge is 2.39. The molecule has 21 heavy (non-hydrogen) atoms. The summed E-state index contributed by atoms with van der Waals surface area (Å²) in [4.78, 5) is 14.8. The average Bonchev–Trinajstić information content (AvgIpc) is 2.63. The lowest BCUT2D eigenvalue weighted by atomic mass is 9.80. The molecule has 0 aromatic rings. The number of hydrogen-bond acceptors (Lipinski definition) is 3. The van der Waals surface area contributed by atoms with E-state index < -0.39 is 5.41 Å². The summed E-state index contributed by atoms with van der Waals surface area (Å²) in [6.45, 7) is 5.16. The lowest BCUT2D eigenvalue weighted by Crippen LogP contribution is -2.48. The number of nitrogens with one attached hydrogen (secondary N) is 1. The summed E-state index contributed by atoms with van der Waals surface area (Å²) in [5, 5.41) is 12.8. The largest absolute Gasteiger partial charge is 0.351 e. The predicted octanol–water partition coefficient (Wildman–Crippen LogP) is 2.94. The lowest BCUT2D eigenvalue weighted by molar-refractivity contribution is -0.129. The fourth-order valence-corrected chi connectivity index (χ4v) is 3.23. The number of carbonyl (C=O) groups is 1. The van der Waals surface area contributed by atoms with Crippen LogP contribution < -0.4 is 5.32 Å². The van der Waals surface area contributed by atoms with Crippen LogP contribution in [0, 0.1) is 22.7 Å². The van der Waals surface area contributed by atoms with Crippen LogP contribution in [0.2, 0.25) is 0 Å². The van der Waals surface area contributed by atoms with Crippen LogP contribution in [0.3, 0.4) is 0 Å². The van der Waals surface area contributed by atoms with Gasteiger partial charge in [-0.1, -0.05) is 39.5 Å². The van der Waals surface area contributed by atoms with Gasteiger partial charge in [0.1, 0.15) is 5.41 Å². The fourth-order valence-electron chi connectivity index (χ4n) is 3.23. The minimum absolute atomic E-state index is 0.0422. The molecular weight excluding hydrogens is 262 g/mol. The number of hydrogen-bond donors (Lipinski definition) is 1. The zero-order valence-corrected chi connectivity index (χ0v) is 14.1. The highest BCUT2D eigenvalue weighted by Crippen LogP contribution is 2.34. The van der Waals surface area contributed by atoms with Gasteiger partial charge in [0, 0.05) is 12.6 Å². The van der Waals surface area contributed by atoms with Crippen molar-refractivity contribution in [3.05, 3.63) is 0 Å². The van der Waals surface area contributed by atoms with E-state index in [1.54, 1.807) is 0 Å². The van der Waals surface area contributed by atoms with Crippen LogP contribution in [0.15, 0.2) is 0 Å². The Bertz CT molecular complexity index is 353. The molecule has 0 aromatic heterocycles. The van der Waals surface area contributed by atoms with Gasteiger partial charge < -0.3 is 10.2 Å². The van der Waals surface area contributed by atoms with E-state index in [2.05, 4.69) is 30.1 Å². The second-order valence-corrected chi connectivity index (χ2v) is 7.17. The van der Waals surface area contributed by atoms with E-state index in [1.807, 2.05) is 14.1 Å². The number of amides is 1. The van der Waals surface area contributed by atoms with Crippen molar-refractivity contribution >= 4 is 5.91 Å². The first-order valence-electron chi connectivity index (χ1n) is 8.26. The summed E-state index contributed by atoms with van der Waals surface area (Å²) in [6.07, 6.45) is 6.64. The van der Waals surface area contributed by atoms with Gasteiger partial charge in [-0.2, -0.15) is 5.26 Å². The Kier molecular flexibility index (Phi) is 7.17. The summed E-state index contributed by atoms with van der Waals surface area (Å²) in [5.41, 5.74) is -0.794. The van der Waals surface area contributed by atoms with Crippen molar-refractivity contribution in [2.24, 2.45) is 11.3 Å². The van der Waals surface area contributed by atoms with Gasteiger partial charge in [-0.15, -0.1) is 0 Å². The van der Waals surface area contributed by atoms with Gasteiger partial charge in [-0.25, -0.2) is 0 Å². The molecule has 1 N–H and O–H groups in total. The molecule has 1 atom stereocenters. The molecule has 1 fully saturated rings. The maximum atomic E-state index is 12.7. The van der Waals surface area contributed by atoms with Crippen LogP contribution in [0.5, 0.6) is 0 Å². The Morgan fingerprint density at radius 2 is 1.81 bits per heavy atom. The second-order valence-electron chi connectivity index (χ2n) is 7.17. The van der Waals surface area contributed by atoms with Crippen LogP contribution in [-0.4, -0.2) is 37.5 Å². The maximum Gasteiger partial charge on any atom is 0.240 e. The Morgan fingerprint density at radius 1 is 1.24 bits per heavy atom. The summed E-state index contributed by atoms with van der Waals surface area (Å²) in [6, 6.07) is 2.47. The van der Waals surface area contributed by atoms with E-state index in [4.69, 9.17) is 0 Å². The first-order valence-corrected chi connectivity index (χ1v) is 8.26. The highest BCUT2D eigenvalue weighted by molar-refractivity contribution is 5.85. The Labute approximate surface area is 129 Å². The molecule has 1 saturated carbocycles. The molecule has 4 nitrogen and oxygen atoms in total. The third-order valence-electron chi connectivity index (χ3n) is 4.28. The van der Waals surface area contributed by atoms with Gasteiger partial charge in [0.25, 0.3) is 0 Å². The van der Waals surface area contributed by atoms with Gasteiger partial charge in [0.05, 0.1) is 6.07 Å². The Morgan fingerprint density at radius 3 is 2.24 bits per heavy atom. The maximum absolute atomic E-state index is 12.7. The van der Waals surface area contributed by atoms with Crippen LogP contribution in [0.1, 0.15) is 58.8 Å². The van der Waals surface area contributed by atoms with E-state index in [9.17, 15) is 10.1 Å².